The van der Waals surface area contributed by atoms with Gasteiger partial charge in [0.2, 0.25) is 0 Å². The summed E-state index contributed by atoms with van der Waals surface area (Å²) in [5.74, 6) is -0.729. The van der Waals surface area contributed by atoms with Crippen molar-refractivity contribution in [3.8, 4) is 0 Å². The number of fused-ring (bicyclic) bond motifs is 1. The third kappa shape index (κ3) is 2.08. The van der Waals surface area contributed by atoms with Gasteiger partial charge in [-0.15, -0.1) is 0 Å². The highest BCUT2D eigenvalue weighted by molar-refractivity contribution is 5.83. The number of hydrogen-bond acceptors (Lipinski definition) is 1. The number of carboxylic acids is 1. The van der Waals surface area contributed by atoms with Crippen LogP contribution in [0.1, 0.15) is 18.4 Å². The summed E-state index contributed by atoms with van der Waals surface area (Å²) >= 11 is 0. The van der Waals surface area contributed by atoms with Gasteiger partial charge in [-0.3, -0.25) is 4.79 Å². The maximum absolute atomic E-state index is 10.4. The van der Waals surface area contributed by atoms with Crippen molar-refractivity contribution in [3.05, 3.63) is 36.0 Å². The van der Waals surface area contributed by atoms with Gasteiger partial charge in [0.25, 0.3) is 0 Å². The highest BCUT2D eigenvalue weighted by Crippen LogP contribution is 2.20. The molecule has 0 saturated heterocycles. The van der Waals surface area contributed by atoms with E-state index < -0.39 is 5.97 Å². The molecule has 0 bridgehead atoms. The fourth-order valence-corrected chi connectivity index (χ4v) is 2.02. The number of rotatable bonds is 4. The van der Waals surface area contributed by atoms with E-state index in [1.165, 1.54) is 16.5 Å². The molecule has 0 atom stereocenters. The van der Waals surface area contributed by atoms with Crippen molar-refractivity contribution in [2.75, 3.05) is 0 Å². The number of aliphatic carboxylic acids is 1. The number of hydrogen-bond donors (Lipinski definition) is 1. The first-order valence-corrected chi connectivity index (χ1v) is 5.45. The monoisotopic (exact) mass is 217 g/mol. The van der Waals surface area contributed by atoms with Crippen LogP contribution in [0.5, 0.6) is 0 Å². The lowest BCUT2D eigenvalue weighted by molar-refractivity contribution is -0.137. The minimum absolute atomic E-state index is 0.228. The number of benzene rings is 1. The lowest BCUT2D eigenvalue weighted by atomic mass is 10.2. The van der Waals surface area contributed by atoms with Crippen molar-refractivity contribution in [3.63, 3.8) is 0 Å². The Bertz CT molecular complexity index is 514. The van der Waals surface area contributed by atoms with Crippen LogP contribution in [0.3, 0.4) is 0 Å². The molecule has 0 saturated carbocycles. The third-order valence-electron chi connectivity index (χ3n) is 2.78. The van der Waals surface area contributed by atoms with E-state index in [2.05, 4.69) is 29.8 Å². The Balaban J connectivity index is 2.21. The molecule has 2 rings (SSSR count). The van der Waals surface area contributed by atoms with Gasteiger partial charge in [-0.1, -0.05) is 18.2 Å². The molecule has 1 N–H and O–H groups in total. The molecule has 0 aliphatic heterocycles. The van der Waals surface area contributed by atoms with Crippen LogP contribution in [0.15, 0.2) is 30.5 Å². The SMILES string of the molecule is Cc1cn(CCCC(=O)O)c2ccccc12. The summed E-state index contributed by atoms with van der Waals surface area (Å²) in [5, 5.41) is 9.85. The first-order chi connectivity index (χ1) is 7.68. The standard InChI is InChI=1S/C13H15NO2/c1-10-9-14(8-4-7-13(15)16)12-6-3-2-5-11(10)12/h2-3,5-6,9H,4,7-8H2,1H3,(H,15,16). The van der Waals surface area contributed by atoms with Gasteiger partial charge in [-0.25, -0.2) is 0 Å². The minimum atomic E-state index is -0.729. The topological polar surface area (TPSA) is 42.2 Å². The molecule has 1 aromatic heterocycles. The van der Waals surface area contributed by atoms with Crippen molar-refractivity contribution in [1.82, 2.24) is 4.57 Å². The molecule has 3 heteroatoms. The van der Waals surface area contributed by atoms with Gasteiger partial charge in [0.15, 0.2) is 0 Å². The Morgan fingerprint density at radius 2 is 2.12 bits per heavy atom. The summed E-state index contributed by atoms with van der Waals surface area (Å²) in [4.78, 5) is 10.4. The predicted octanol–water partition coefficient (Wildman–Crippen LogP) is 2.81. The first kappa shape index (κ1) is 10.7. The lowest BCUT2D eigenvalue weighted by Crippen LogP contribution is -2.00. The van der Waals surface area contributed by atoms with Gasteiger partial charge in [0.05, 0.1) is 0 Å². The number of aryl methyl sites for hydroxylation is 2. The Hall–Kier alpha value is -1.77. The van der Waals surface area contributed by atoms with Crippen LogP contribution in [0.2, 0.25) is 0 Å². The largest absolute Gasteiger partial charge is 0.481 e. The predicted molar refractivity (Wildman–Crippen MR) is 63.5 cm³/mol. The van der Waals surface area contributed by atoms with Crippen molar-refractivity contribution < 1.29 is 9.90 Å². The smallest absolute Gasteiger partial charge is 0.303 e. The average Bonchev–Trinajstić information content (AvgIpc) is 2.57. The zero-order valence-corrected chi connectivity index (χ0v) is 9.31. The fourth-order valence-electron chi connectivity index (χ4n) is 2.02. The van der Waals surface area contributed by atoms with Crippen LogP contribution in [0.25, 0.3) is 10.9 Å². The maximum Gasteiger partial charge on any atom is 0.303 e. The molecule has 2 aromatic rings. The molecular weight excluding hydrogens is 202 g/mol. The molecule has 0 aliphatic carbocycles. The van der Waals surface area contributed by atoms with Gasteiger partial charge in [-0.05, 0) is 25.0 Å². The highest BCUT2D eigenvalue weighted by Gasteiger charge is 2.04. The minimum Gasteiger partial charge on any atom is -0.481 e. The molecule has 1 heterocycles. The zero-order valence-electron chi connectivity index (χ0n) is 9.31. The Morgan fingerprint density at radius 3 is 2.88 bits per heavy atom. The first-order valence-electron chi connectivity index (χ1n) is 5.45. The van der Waals surface area contributed by atoms with E-state index in [9.17, 15) is 4.79 Å². The fraction of sp³-hybridized carbons (Fsp3) is 0.308. The lowest BCUT2D eigenvalue weighted by Gasteiger charge is -2.03. The molecule has 1 aromatic carbocycles. The summed E-state index contributed by atoms with van der Waals surface area (Å²) < 4.78 is 2.13. The highest BCUT2D eigenvalue weighted by atomic mass is 16.4. The van der Waals surface area contributed by atoms with Gasteiger partial charge < -0.3 is 9.67 Å². The molecule has 0 amide bonds. The van der Waals surface area contributed by atoms with Crippen LogP contribution < -0.4 is 0 Å². The van der Waals surface area contributed by atoms with Crippen molar-refractivity contribution in [2.24, 2.45) is 0 Å². The third-order valence-corrected chi connectivity index (χ3v) is 2.78. The van der Waals surface area contributed by atoms with Crippen molar-refractivity contribution >= 4 is 16.9 Å². The van der Waals surface area contributed by atoms with E-state index in [1.807, 2.05) is 12.1 Å². The molecule has 0 fully saturated rings. The van der Waals surface area contributed by atoms with Gasteiger partial charge in [-0.2, -0.15) is 0 Å². The number of nitrogens with zero attached hydrogens (tertiary/aromatic N) is 1. The molecule has 3 nitrogen and oxygen atoms in total. The van der Waals surface area contributed by atoms with E-state index in [-0.39, 0.29) is 6.42 Å². The molecule has 0 unspecified atom stereocenters. The number of para-hydroxylation sites is 1. The van der Waals surface area contributed by atoms with Gasteiger partial charge in [0.1, 0.15) is 0 Å². The van der Waals surface area contributed by atoms with Crippen LogP contribution in [-0.4, -0.2) is 15.6 Å². The van der Waals surface area contributed by atoms with Crippen LogP contribution in [-0.2, 0) is 11.3 Å². The normalized spacial score (nSPS) is 10.8. The second kappa shape index (κ2) is 4.39. The molecule has 16 heavy (non-hydrogen) atoms. The Morgan fingerprint density at radius 1 is 1.38 bits per heavy atom. The number of carboxylic acid groups (broad SMARTS) is 1. The number of carbonyl (C=O) groups is 1. The number of aromatic nitrogens is 1. The molecular formula is C13H15NO2. The van der Waals surface area contributed by atoms with E-state index >= 15 is 0 Å². The van der Waals surface area contributed by atoms with Gasteiger partial charge >= 0.3 is 5.97 Å². The summed E-state index contributed by atoms with van der Waals surface area (Å²) in [7, 11) is 0. The Kier molecular flexibility index (Phi) is 2.95. The molecule has 0 radical (unpaired) electrons. The summed E-state index contributed by atoms with van der Waals surface area (Å²) in [6.07, 6.45) is 2.99. The summed E-state index contributed by atoms with van der Waals surface area (Å²) in [6.45, 7) is 2.84. The van der Waals surface area contributed by atoms with E-state index in [1.54, 1.807) is 0 Å². The molecule has 0 aliphatic rings. The maximum atomic E-state index is 10.4. The molecule has 84 valence electrons. The van der Waals surface area contributed by atoms with Crippen LogP contribution >= 0.6 is 0 Å². The van der Waals surface area contributed by atoms with Crippen LogP contribution in [0, 0.1) is 6.92 Å². The summed E-state index contributed by atoms with van der Waals surface area (Å²) in [5.41, 5.74) is 2.43. The van der Waals surface area contributed by atoms with E-state index in [0.717, 1.165) is 6.54 Å². The van der Waals surface area contributed by atoms with Gasteiger partial charge in [0, 0.05) is 30.1 Å². The van der Waals surface area contributed by atoms with Crippen molar-refractivity contribution in [1.29, 1.82) is 0 Å². The second-order valence-corrected chi connectivity index (χ2v) is 4.02. The van der Waals surface area contributed by atoms with E-state index in [0.29, 0.717) is 6.42 Å². The van der Waals surface area contributed by atoms with Crippen molar-refractivity contribution in [2.45, 2.75) is 26.3 Å². The average molecular weight is 217 g/mol. The van der Waals surface area contributed by atoms with E-state index in [4.69, 9.17) is 5.11 Å². The summed E-state index contributed by atoms with van der Waals surface area (Å²) in [6, 6.07) is 8.20. The van der Waals surface area contributed by atoms with Crippen LogP contribution in [0.4, 0.5) is 0 Å². The Labute approximate surface area is 94.3 Å². The second-order valence-electron chi connectivity index (χ2n) is 4.02. The quantitative estimate of drug-likeness (QED) is 0.855. The zero-order chi connectivity index (χ0) is 11.5. The molecule has 0 spiro atoms.